The second-order valence-electron chi connectivity index (χ2n) is 5.18. The quantitative estimate of drug-likeness (QED) is 0.642. The zero-order valence-corrected chi connectivity index (χ0v) is 13.8. The van der Waals surface area contributed by atoms with Crippen LogP contribution in [0.1, 0.15) is 12.8 Å². The summed E-state index contributed by atoms with van der Waals surface area (Å²) in [7, 11) is -3.48. The van der Waals surface area contributed by atoms with Crippen LogP contribution in [0, 0.1) is 16.0 Å². The molecule has 124 valence electrons. The summed E-state index contributed by atoms with van der Waals surface area (Å²) >= 11 is 0. The minimum Gasteiger partial charge on any atom is -0.486 e. The van der Waals surface area contributed by atoms with Gasteiger partial charge in [0.15, 0.2) is 15.6 Å². The molecule has 7 nitrogen and oxygen atoms in total. The number of hydrogen-bond acceptors (Lipinski definition) is 6. The molecule has 2 rings (SSSR count). The summed E-state index contributed by atoms with van der Waals surface area (Å²) in [6.45, 7) is 2.20. The van der Waals surface area contributed by atoms with Crippen LogP contribution in [-0.4, -0.2) is 39.3 Å². The molecule has 1 aromatic rings. The lowest BCUT2D eigenvalue weighted by Gasteiger charge is -2.22. The number of nitrogens with zero attached hydrogens (tertiary/aromatic N) is 1. The molecule has 22 heavy (non-hydrogen) atoms. The Kier molecular flexibility index (Phi) is 6.58. The van der Waals surface area contributed by atoms with Gasteiger partial charge in [0.05, 0.1) is 16.4 Å². The van der Waals surface area contributed by atoms with Crippen LogP contribution < -0.4 is 10.1 Å². The number of rotatable bonds is 5. The SMILES string of the molecule is CS(=O)(=O)c1ccc(OCC2CCCNC2)c([N+](=O)[O-])c1.Cl. The third-order valence-electron chi connectivity index (χ3n) is 3.43. The Bertz CT molecular complexity index is 629. The summed E-state index contributed by atoms with van der Waals surface area (Å²) in [6, 6.07) is 3.73. The number of nitro benzene ring substituents is 1. The average molecular weight is 351 g/mol. The fraction of sp³-hybridized carbons (Fsp3) is 0.538. The molecule has 1 aromatic carbocycles. The van der Waals surface area contributed by atoms with Crippen molar-refractivity contribution >= 4 is 27.9 Å². The van der Waals surface area contributed by atoms with Crippen LogP contribution >= 0.6 is 12.4 Å². The van der Waals surface area contributed by atoms with Gasteiger partial charge in [-0.2, -0.15) is 0 Å². The molecule has 1 unspecified atom stereocenters. The van der Waals surface area contributed by atoms with Crippen molar-refractivity contribution in [3.05, 3.63) is 28.3 Å². The zero-order chi connectivity index (χ0) is 15.5. The molecule has 1 N–H and O–H groups in total. The highest BCUT2D eigenvalue weighted by atomic mass is 35.5. The Morgan fingerprint density at radius 2 is 2.18 bits per heavy atom. The van der Waals surface area contributed by atoms with E-state index in [4.69, 9.17) is 4.74 Å². The van der Waals surface area contributed by atoms with E-state index in [9.17, 15) is 18.5 Å². The molecule has 1 atom stereocenters. The van der Waals surface area contributed by atoms with Gasteiger partial charge >= 0.3 is 5.69 Å². The van der Waals surface area contributed by atoms with E-state index >= 15 is 0 Å². The standard InChI is InChI=1S/C13H18N2O5S.ClH/c1-21(18,19)11-4-5-13(12(7-11)15(16)17)20-9-10-3-2-6-14-8-10;/h4-5,7,10,14H,2-3,6,8-9H2,1H3;1H. The van der Waals surface area contributed by atoms with Gasteiger partial charge in [-0.1, -0.05) is 0 Å². The van der Waals surface area contributed by atoms with Crippen molar-refractivity contribution in [2.75, 3.05) is 26.0 Å². The zero-order valence-electron chi connectivity index (χ0n) is 12.1. The third-order valence-corrected chi connectivity index (χ3v) is 4.54. The predicted octanol–water partition coefficient (Wildman–Crippen LogP) is 1.80. The van der Waals surface area contributed by atoms with E-state index in [2.05, 4.69) is 5.32 Å². The van der Waals surface area contributed by atoms with Gasteiger partial charge in [0.25, 0.3) is 0 Å². The first kappa shape index (κ1) is 18.7. The minimum absolute atomic E-state index is 0. The minimum atomic E-state index is -3.48. The van der Waals surface area contributed by atoms with Gasteiger partial charge < -0.3 is 10.1 Å². The van der Waals surface area contributed by atoms with Crippen LogP contribution in [0.2, 0.25) is 0 Å². The van der Waals surface area contributed by atoms with Gasteiger partial charge in [-0.25, -0.2) is 8.42 Å². The molecule has 1 saturated heterocycles. The number of hydrogen-bond donors (Lipinski definition) is 1. The van der Waals surface area contributed by atoms with Crippen molar-refractivity contribution < 1.29 is 18.1 Å². The summed E-state index contributed by atoms with van der Waals surface area (Å²) in [6.07, 6.45) is 3.09. The first-order chi connectivity index (χ1) is 9.88. The van der Waals surface area contributed by atoms with E-state index in [1.165, 1.54) is 12.1 Å². The molecule has 0 bridgehead atoms. The highest BCUT2D eigenvalue weighted by Crippen LogP contribution is 2.30. The van der Waals surface area contributed by atoms with Crippen LogP contribution in [0.25, 0.3) is 0 Å². The van der Waals surface area contributed by atoms with E-state index in [-0.39, 0.29) is 28.7 Å². The molecule has 1 fully saturated rings. The highest BCUT2D eigenvalue weighted by Gasteiger charge is 2.21. The molecule has 0 amide bonds. The van der Waals surface area contributed by atoms with E-state index in [1.54, 1.807) is 0 Å². The number of piperidine rings is 1. The molecule has 1 aliphatic rings. The van der Waals surface area contributed by atoms with E-state index in [1.807, 2.05) is 0 Å². The maximum Gasteiger partial charge on any atom is 0.312 e. The highest BCUT2D eigenvalue weighted by molar-refractivity contribution is 7.90. The van der Waals surface area contributed by atoms with Gasteiger partial charge in [0.1, 0.15) is 0 Å². The molecule has 0 aromatic heterocycles. The lowest BCUT2D eigenvalue weighted by molar-refractivity contribution is -0.386. The molecule has 0 spiro atoms. The molecule has 9 heteroatoms. The Morgan fingerprint density at radius 1 is 1.45 bits per heavy atom. The largest absolute Gasteiger partial charge is 0.486 e. The first-order valence-electron chi connectivity index (χ1n) is 6.70. The van der Waals surface area contributed by atoms with Gasteiger partial charge in [-0.05, 0) is 31.5 Å². The van der Waals surface area contributed by atoms with E-state index in [0.717, 1.165) is 38.3 Å². The molecule has 1 heterocycles. The summed E-state index contributed by atoms with van der Waals surface area (Å²) in [5.74, 6) is 0.422. The summed E-state index contributed by atoms with van der Waals surface area (Å²) in [5, 5.41) is 14.3. The van der Waals surface area contributed by atoms with Crippen molar-refractivity contribution in [3.8, 4) is 5.75 Å². The first-order valence-corrected chi connectivity index (χ1v) is 8.59. The topological polar surface area (TPSA) is 98.5 Å². The molecular weight excluding hydrogens is 332 g/mol. The average Bonchev–Trinajstić information content (AvgIpc) is 2.45. The Hall–Kier alpha value is -1.38. The lowest BCUT2D eigenvalue weighted by atomic mass is 10.0. The molecule has 0 radical (unpaired) electrons. The Morgan fingerprint density at radius 3 is 2.73 bits per heavy atom. The van der Waals surface area contributed by atoms with Gasteiger partial charge in [0.2, 0.25) is 0 Å². The van der Waals surface area contributed by atoms with Crippen LogP contribution in [0.3, 0.4) is 0 Å². The van der Waals surface area contributed by atoms with E-state index < -0.39 is 14.8 Å². The van der Waals surface area contributed by atoms with Crippen molar-refractivity contribution in [2.24, 2.45) is 5.92 Å². The summed E-state index contributed by atoms with van der Waals surface area (Å²) in [4.78, 5) is 10.4. The Balaban J connectivity index is 0.00000242. The maximum absolute atomic E-state index is 11.5. The van der Waals surface area contributed by atoms with Crippen molar-refractivity contribution in [1.29, 1.82) is 0 Å². The summed E-state index contributed by atoms with van der Waals surface area (Å²) in [5.41, 5.74) is -0.318. The van der Waals surface area contributed by atoms with Gasteiger partial charge in [-0.15, -0.1) is 12.4 Å². The maximum atomic E-state index is 11.5. The van der Waals surface area contributed by atoms with Crippen molar-refractivity contribution in [1.82, 2.24) is 5.32 Å². The summed E-state index contributed by atoms with van der Waals surface area (Å²) < 4.78 is 28.4. The fourth-order valence-corrected chi connectivity index (χ4v) is 2.91. The Labute approximate surface area is 135 Å². The second kappa shape index (κ2) is 7.75. The smallest absolute Gasteiger partial charge is 0.312 e. The van der Waals surface area contributed by atoms with Crippen LogP contribution in [0.4, 0.5) is 5.69 Å². The third kappa shape index (κ3) is 4.82. The molecular formula is C13H19ClN2O5S. The number of ether oxygens (including phenoxy) is 1. The molecule has 0 saturated carbocycles. The van der Waals surface area contributed by atoms with E-state index in [0.29, 0.717) is 12.5 Å². The van der Waals surface area contributed by atoms with Crippen molar-refractivity contribution in [2.45, 2.75) is 17.7 Å². The molecule has 1 aliphatic heterocycles. The van der Waals surface area contributed by atoms with Gasteiger partial charge in [0, 0.05) is 24.8 Å². The predicted molar refractivity (Wildman–Crippen MR) is 84.5 cm³/mol. The number of benzene rings is 1. The number of nitrogens with one attached hydrogen (secondary N) is 1. The number of halogens is 1. The van der Waals surface area contributed by atoms with Crippen LogP contribution in [0.15, 0.2) is 23.1 Å². The normalized spacial score (nSPS) is 18.3. The lowest BCUT2D eigenvalue weighted by Crippen LogP contribution is -2.33. The van der Waals surface area contributed by atoms with Crippen LogP contribution in [0.5, 0.6) is 5.75 Å². The van der Waals surface area contributed by atoms with Crippen LogP contribution in [-0.2, 0) is 9.84 Å². The molecule has 0 aliphatic carbocycles. The number of nitro groups is 1. The second-order valence-corrected chi connectivity index (χ2v) is 7.20. The monoisotopic (exact) mass is 350 g/mol. The van der Waals surface area contributed by atoms with Gasteiger partial charge in [-0.3, -0.25) is 10.1 Å². The number of sulfone groups is 1. The van der Waals surface area contributed by atoms with Crippen molar-refractivity contribution in [3.63, 3.8) is 0 Å². The fourth-order valence-electron chi connectivity index (χ4n) is 2.27.